The second kappa shape index (κ2) is 10.4. The largest absolute Gasteiger partial charge is 0.497 e. The molecular weight excluding hydrogens is 618 g/mol. The first-order valence-electron chi connectivity index (χ1n) is 13.2. The van der Waals surface area contributed by atoms with Gasteiger partial charge in [-0.1, -0.05) is 63.7 Å². The van der Waals surface area contributed by atoms with Gasteiger partial charge in [0.25, 0.3) is 11.2 Å². The highest BCUT2D eigenvalue weighted by Gasteiger charge is 2.32. The Morgan fingerprint density at radius 3 is 2.67 bits per heavy atom. The SMILES string of the molecule is COc1ccc([C@H]2C3=C(N=c4s/c(=C\c5ccc(-c6ccc(Br)cc6[N+](=O)[O-])o5)c(=O)n42)c2ccccc2CC3)cc1. The van der Waals surface area contributed by atoms with Crippen LogP contribution in [0.2, 0.25) is 0 Å². The molecule has 0 bridgehead atoms. The molecule has 0 unspecified atom stereocenters. The van der Waals surface area contributed by atoms with Crippen molar-refractivity contribution in [2.45, 2.75) is 18.9 Å². The summed E-state index contributed by atoms with van der Waals surface area (Å²) >= 11 is 4.59. The zero-order valence-corrected chi connectivity index (χ0v) is 24.6. The van der Waals surface area contributed by atoms with Gasteiger partial charge >= 0.3 is 0 Å². The summed E-state index contributed by atoms with van der Waals surface area (Å²) in [4.78, 5) is 30.8. The number of halogens is 1. The molecule has 3 heterocycles. The van der Waals surface area contributed by atoms with Crippen LogP contribution in [0.1, 0.15) is 34.9 Å². The number of methoxy groups -OCH3 is 1. The van der Waals surface area contributed by atoms with E-state index in [2.05, 4.69) is 28.1 Å². The van der Waals surface area contributed by atoms with Gasteiger partial charge in [0.2, 0.25) is 0 Å². The van der Waals surface area contributed by atoms with E-state index < -0.39 is 4.92 Å². The number of aryl methyl sites for hydroxylation is 1. The zero-order chi connectivity index (χ0) is 29.0. The molecule has 0 fully saturated rings. The summed E-state index contributed by atoms with van der Waals surface area (Å²) in [6, 6.07) is 24.0. The quantitative estimate of drug-likeness (QED) is 0.167. The Balaban J connectivity index is 1.38. The molecule has 1 aliphatic heterocycles. The van der Waals surface area contributed by atoms with Crippen LogP contribution in [0.15, 0.2) is 103 Å². The number of nitro groups is 1. The van der Waals surface area contributed by atoms with E-state index >= 15 is 0 Å². The summed E-state index contributed by atoms with van der Waals surface area (Å²) in [5, 5.41) is 11.6. The zero-order valence-electron chi connectivity index (χ0n) is 22.2. The van der Waals surface area contributed by atoms with E-state index in [9.17, 15) is 14.9 Å². The average molecular weight is 641 g/mol. The molecule has 1 atom stereocenters. The summed E-state index contributed by atoms with van der Waals surface area (Å²) < 4.78 is 14.2. The second-order valence-electron chi connectivity index (χ2n) is 10.0. The number of hydrogen-bond acceptors (Lipinski definition) is 7. The van der Waals surface area contributed by atoms with Crippen LogP contribution in [-0.2, 0) is 6.42 Å². The first-order chi connectivity index (χ1) is 20.4. The van der Waals surface area contributed by atoms with Crippen molar-refractivity contribution in [1.82, 2.24) is 4.57 Å². The van der Waals surface area contributed by atoms with Gasteiger partial charge in [0.1, 0.15) is 17.3 Å². The fourth-order valence-electron chi connectivity index (χ4n) is 5.68. The van der Waals surface area contributed by atoms with Crippen LogP contribution < -0.4 is 19.6 Å². The summed E-state index contributed by atoms with van der Waals surface area (Å²) in [6.45, 7) is 0. The number of aromatic nitrogens is 1. The van der Waals surface area contributed by atoms with Gasteiger partial charge in [-0.25, -0.2) is 4.99 Å². The lowest BCUT2D eigenvalue weighted by atomic mass is 9.83. The Morgan fingerprint density at radius 1 is 1.07 bits per heavy atom. The normalized spacial score (nSPS) is 16.0. The number of nitrogens with zero attached hydrogens (tertiary/aromatic N) is 3. The Hall–Kier alpha value is -4.54. The van der Waals surface area contributed by atoms with Crippen LogP contribution in [-0.4, -0.2) is 16.6 Å². The van der Waals surface area contributed by atoms with Gasteiger partial charge in [-0.15, -0.1) is 0 Å². The van der Waals surface area contributed by atoms with E-state index in [1.54, 1.807) is 42.0 Å². The van der Waals surface area contributed by atoms with E-state index in [-0.39, 0.29) is 17.3 Å². The van der Waals surface area contributed by atoms with Crippen LogP contribution in [0.5, 0.6) is 5.75 Å². The van der Waals surface area contributed by atoms with Gasteiger partial charge < -0.3 is 9.15 Å². The van der Waals surface area contributed by atoms with Crippen molar-refractivity contribution < 1.29 is 14.1 Å². The maximum atomic E-state index is 14.0. The summed E-state index contributed by atoms with van der Waals surface area (Å²) in [5.74, 6) is 1.51. The summed E-state index contributed by atoms with van der Waals surface area (Å²) in [7, 11) is 1.63. The van der Waals surface area contributed by atoms with E-state index in [4.69, 9.17) is 14.1 Å². The van der Waals surface area contributed by atoms with Crippen molar-refractivity contribution in [1.29, 1.82) is 0 Å². The van der Waals surface area contributed by atoms with E-state index in [1.165, 1.54) is 23.0 Å². The monoisotopic (exact) mass is 639 g/mol. The van der Waals surface area contributed by atoms with Gasteiger partial charge in [-0.2, -0.15) is 0 Å². The molecule has 2 aromatic heterocycles. The molecular formula is C32H22BrN3O5S. The van der Waals surface area contributed by atoms with Crippen LogP contribution in [0.4, 0.5) is 5.69 Å². The molecule has 7 rings (SSSR count). The second-order valence-corrected chi connectivity index (χ2v) is 11.9. The Bertz CT molecular complexity index is 2110. The number of thiazole rings is 1. The molecule has 208 valence electrons. The number of fused-ring (bicyclic) bond motifs is 3. The van der Waals surface area contributed by atoms with E-state index in [0.717, 1.165) is 41.0 Å². The van der Waals surface area contributed by atoms with Crippen molar-refractivity contribution in [3.63, 3.8) is 0 Å². The third-order valence-electron chi connectivity index (χ3n) is 7.63. The lowest BCUT2D eigenvalue weighted by Gasteiger charge is -2.30. The van der Waals surface area contributed by atoms with Crippen LogP contribution in [0, 0.1) is 10.1 Å². The van der Waals surface area contributed by atoms with Crippen LogP contribution in [0.3, 0.4) is 0 Å². The molecule has 5 aromatic rings. The number of ether oxygens (including phenoxy) is 1. The minimum Gasteiger partial charge on any atom is -0.497 e. The predicted molar refractivity (Wildman–Crippen MR) is 164 cm³/mol. The van der Waals surface area contributed by atoms with Crippen LogP contribution in [0.25, 0.3) is 23.1 Å². The lowest BCUT2D eigenvalue weighted by molar-refractivity contribution is -0.384. The standard InChI is InChI=1S/C32H22BrN3O5S/c1-40-21-10-6-19(7-11-21)30-25-13-8-18-4-2-3-5-23(18)29(25)34-32-35(30)31(37)28(42-32)17-22-12-15-27(41-22)24-14-9-20(33)16-26(24)36(38)39/h2-7,9-12,14-17,30H,8,13H2,1H3/b28-17-/t30-/m0/s1. The maximum Gasteiger partial charge on any atom is 0.281 e. The Kier molecular flexibility index (Phi) is 6.52. The predicted octanol–water partition coefficient (Wildman–Crippen LogP) is 6.26. The average Bonchev–Trinajstić information content (AvgIpc) is 3.60. The minimum absolute atomic E-state index is 0.0741. The molecule has 8 nitrogen and oxygen atoms in total. The molecule has 42 heavy (non-hydrogen) atoms. The van der Waals surface area contributed by atoms with Crippen molar-refractivity contribution in [3.8, 4) is 17.1 Å². The van der Waals surface area contributed by atoms with Gasteiger partial charge in [0, 0.05) is 22.2 Å². The van der Waals surface area contributed by atoms with Gasteiger partial charge in [-0.3, -0.25) is 19.5 Å². The third-order valence-corrected chi connectivity index (χ3v) is 9.10. The van der Waals surface area contributed by atoms with Crippen molar-refractivity contribution in [2.24, 2.45) is 4.99 Å². The highest BCUT2D eigenvalue weighted by atomic mass is 79.9. The van der Waals surface area contributed by atoms with Crippen molar-refractivity contribution >= 4 is 44.7 Å². The molecule has 0 saturated heterocycles. The van der Waals surface area contributed by atoms with E-state index in [1.807, 2.05) is 36.4 Å². The topological polar surface area (TPSA) is 99.9 Å². The molecule has 2 aliphatic rings. The molecule has 1 aliphatic carbocycles. The number of rotatable bonds is 5. The highest BCUT2D eigenvalue weighted by molar-refractivity contribution is 9.10. The molecule has 10 heteroatoms. The maximum absolute atomic E-state index is 14.0. The highest BCUT2D eigenvalue weighted by Crippen LogP contribution is 2.41. The fourth-order valence-corrected chi connectivity index (χ4v) is 7.01. The molecule has 0 amide bonds. The third kappa shape index (κ3) is 4.43. The van der Waals surface area contributed by atoms with E-state index in [0.29, 0.717) is 30.9 Å². The molecule has 0 spiro atoms. The van der Waals surface area contributed by atoms with Crippen molar-refractivity contribution in [3.05, 3.63) is 141 Å². The lowest BCUT2D eigenvalue weighted by Crippen LogP contribution is -2.38. The first kappa shape index (κ1) is 26.4. The molecule has 0 N–H and O–H groups in total. The molecule has 0 radical (unpaired) electrons. The molecule has 0 saturated carbocycles. The number of furan rings is 1. The fraction of sp³-hybridized carbons (Fsp3) is 0.125. The number of hydrogen-bond donors (Lipinski definition) is 0. The van der Waals surface area contributed by atoms with Gasteiger partial charge in [0.15, 0.2) is 4.80 Å². The van der Waals surface area contributed by atoms with Gasteiger partial charge in [0.05, 0.1) is 33.9 Å². The first-order valence-corrected chi connectivity index (χ1v) is 14.8. The van der Waals surface area contributed by atoms with Crippen molar-refractivity contribution in [2.75, 3.05) is 7.11 Å². The Labute approximate surface area is 251 Å². The number of allylic oxidation sites excluding steroid dienone is 1. The summed E-state index contributed by atoms with van der Waals surface area (Å²) in [5.41, 5.74) is 5.48. The summed E-state index contributed by atoms with van der Waals surface area (Å²) in [6.07, 6.45) is 3.35. The minimum atomic E-state index is -0.445. The number of benzene rings is 3. The van der Waals surface area contributed by atoms with Gasteiger partial charge in [-0.05, 0) is 65.9 Å². The Morgan fingerprint density at radius 2 is 1.88 bits per heavy atom. The molecule has 3 aromatic carbocycles. The number of nitro benzene ring substituents is 1. The van der Waals surface area contributed by atoms with Crippen LogP contribution >= 0.6 is 27.3 Å². The smallest absolute Gasteiger partial charge is 0.281 e.